The standard InChI is InChI=1S/C12H20N2O3/c13-9-5-2-1-4-8(9)10(15)14-12(11(16)17)6-3-7-12/h8-9H,1-7,13H2,(H,14,15)(H,16,17). The first-order valence-electron chi connectivity index (χ1n) is 6.36. The molecule has 2 aliphatic carbocycles. The van der Waals surface area contributed by atoms with E-state index < -0.39 is 11.5 Å². The van der Waals surface area contributed by atoms with Crippen LogP contribution >= 0.6 is 0 Å². The van der Waals surface area contributed by atoms with Gasteiger partial charge in [0.1, 0.15) is 5.54 Å². The summed E-state index contributed by atoms with van der Waals surface area (Å²) in [6.45, 7) is 0. The number of aliphatic carboxylic acids is 1. The van der Waals surface area contributed by atoms with Gasteiger partial charge in [0.2, 0.25) is 5.91 Å². The topological polar surface area (TPSA) is 92.4 Å². The van der Waals surface area contributed by atoms with E-state index in [1.54, 1.807) is 0 Å². The van der Waals surface area contributed by atoms with Crippen molar-refractivity contribution in [1.82, 2.24) is 5.32 Å². The van der Waals surface area contributed by atoms with Crippen LogP contribution in [0.15, 0.2) is 0 Å². The SMILES string of the molecule is NC1CCCCC1C(=O)NC1(C(=O)O)CCC1. The number of amides is 1. The lowest BCUT2D eigenvalue weighted by molar-refractivity contribution is -0.152. The molecular formula is C12H20N2O3. The maximum absolute atomic E-state index is 12.1. The largest absolute Gasteiger partial charge is 0.480 e. The molecule has 0 spiro atoms. The number of nitrogens with one attached hydrogen (secondary N) is 1. The first-order chi connectivity index (χ1) is 8.05. The summed E-state index contributed by atoms with van der Waals surface area (Å²) in [6, 6.07) is -0.116. The van der Waals surface area contributed by atoms with E-state index >= 15 is 0 Å². The zero-order valence-corrected chi connectivity index (χ0v) is 9.95. The van der Waals surface area contributed by atoms with Gasteiger partial charge >= 0.3 is 5.97 Å². The molecule has 2 saturated carbocycles. The van der Waals surface area contributed by atoms with Crippen LogP contribution in [0.3, 0.4) is 0 Å². The lowest BCUT2D eigenvalue weighted by Crippen LogP contribution is -2.61. The van der Waals surface area contributed by atoms with Crippen molar-refractivity contribution < 1.29 is 14.7 Å². The molecule has 96 valence electrons. The first-order valence-corrected chi connectivity index (χ1v) is 6.36. The second-order valence-corrected chi connectivity index (χ2v) is 5.28. The van der Waals surface area contributed by atoms with Crippen LogP contribution in [0.1, 0.15) is 44.9 Å². The maximum atomic E-state index is 12.1. The van der Waals surface area contributed by atoms with Gasteiger partial charge in [-0.3, -0.25) is 4.79 Å². The van der Waals surface area contributed by atoms with E-state index in [1.807, 2.05) is 0 Å². The van der Waals surface area contributed by atoms with Crippen LogP contribution in [0.2, 0.25) is 0 Å². The van der Waals surface area contributed by atoms with E-state index in [0.717, 1.165) is 32.1 Å². The molecule has 0 radical (unpaired) electrons. The maximum Gasteiger partial charge on any atom is 0.329 e. The van der Waals surface area contributed by atoms with Crippen molar-refractivity contribution in [2.75, 3.05) is 0 Å². The molecular weight excluding hydrogens is 220 g/mol. The van der Waals surface area contributed by atoms with Crippen molar-refractivity contribution in [2.24, 2.45) is 11.7 Å². The quantitative estimate of drug-likeness (QED) is 0.674. The molecule has 1 amide bonds. The zero-order chi connectivity index (χ0) is 12.5. The van der Waals surface area contributed by atoms with Crippen LogP contribution < -0.4 is 11.1 Å². The molecule has 2 atom stereocenters. The smallest absolute Gasteiger partial charge is 0.329 e. The van der Waals surface area contributed by atoms with Gasteiger partial charge in [-0.15, -0.1) is 0 Å². The summed E-state index contributed by atoms with van der Waals surface area (Å²) in [5.74, 6) is -1.29. The highest BCUT2D eigenvalue weighted by molar-refractivity contribution is 5.89. The van der Waals surface area contributed by atoms with E-state index in [1.165, 1.54) is 0 Å². The number of carbonyl (C=O) groups excluding carboxylic acids is 1. The number of rotatable bonds is 3. The summed E-state index contributed by atoms with van der Waals surface area (Å²) in [5.41, 5.74) is 4.92. The molecule has 2 fully saturated rings. The molecule has 0 saturated heterocycles. The van der Waals surface area contributed by atoms with Gasteiger partial charge in [-0.05, 0) is 32.1 Å². The van der Waals surface area contributed by atoms with Gasteiger partial charge in [0.15, 0.2) is 0 Å². The minimum atomic E-state index is -1.01. The van der Waals surface area contributed by atoms with Gasteiger partial charge in [-0.25, -0.2) is 4.79 Å². The monoisotopic (exact) mass is 240 g/mol. The van der Waals surface area contributed by atoms with Crippen LogP contribution in [0.4, 0.5) is 0 Å². The average molecular weight is 240 g/mol. The van der Waals surface area contributed by atoms with Crippen molar-refractivity contribution in [3.63, 3.8) is 0 Å². The summed E-state index contributed by atoms with van der Waals surface area (Å²) in [4.78, 5) is 23.2. The Morgan fingerprint density at radius 2 is 1.82 bits per heavy atom. The molecule has 0 aromatic heterocycles. The highest BCUT2D eigenvalue weighted by Gasteiger charge is 2.47. The highest BCUT2D eigenvalue weighted by atomic mass is 16.4. The summed E-state index contributed by atoms with van der Waals surface area (Å²) in [5, 5.41) is 11.9. The lowest BCUT2D eigenvalue weighted by Gasteiger charge is -2.40. The predicted octanol–water partition coefficient (Wildman–Crippen LogP) is 0.627. The van der Waals surface area contributed by atoms with E-state index in [0.29, 0.717) is 12.8 Å². The molecule has 0 aliphatic heterocycles. The third-order valence-corrected chi connectivity index (χ3v) is 4.14. The first kappa shape index (κ1) is 12.4. The number of hydrogen-bond acceptors (Lipinski definition) is 3. The summed E-state index contributed by atoms with van der Waals surface area (Å²) >= 11 is 0. The molecule has 0 aromatic rings. The Labute approximate surface area is 101 Å². The van der Waals surface area contributed by atoms with Gasteiger partial charge < -0.3 is 16.2 Å². The minimum Gasteiger partial charge on any atom is -0.480 e. The Morgan fingerprint density at radius 3 is 2.29 bits per heavy atom. The fraction of sp³-hybridized carbons (Fsp3) is 0.833. The third-order valence-electron chi connectivity index (χ3n) is 4.14. The van der Waals surface area contributed by atoms with Gasteiger partial charge in [-0.2, -0.15) is 0 Å². The number of carbonyl (C=O) groups is 2. The van der Waals surface area contributed by atoms with Crippen molar-refractivity contribution >= 4 is 11.9 Å². The molecule has 2 rings (SSSR count). The number of carboxylic acids is 1. The Morgan fingerprint density at radius 1 is 1.18 bits per heavy atom. The fourth-order valence-corrected chi connectivity index (χ4v) is 2.74. The van der Waals surface area contributed by atoms with E-state index in [9.17, 15) is 9.59 Å². The van der Waals surface area contributed by atoms with Gasteiger partial charge in [0, 0.05) is 6.04 Å². The molecule has 5 nitrogen and oxygen atoms in total. The van der Waals surface area contributed by atoms with Crippen LogP contribution in [0, 0.1) is 5.92 Å². The summed E-state index contributed by atoms with van der Waals surface area (Å²) in [7, 11) is 0. The van der Waals surface area contributed by atoms with Gasteiger partial charge in [0.05, 0.1) is 5.92 Å². The number of nitrogens with two attached hydrogens (primary N) is 1. The van der Waals surface area contributed by atoms with Crippen LogP contribution in [0.5, 0.6) is 0 Å². The summed E-state index contributed by atoms with van der Waals surface area (Å²) in [6.07, 6.45) is 5.65. The lowest BCUT2D eigenvalue weighted by atomic mass is 9.75. The third kappa shape index (κ3) is 2.29. The van der Waals surface area contributed by atoms with Crippen molar-refractivity contribution in [1.29, 1.82) is 0 Å². The predicted molar refractivity (Wildman–Crippen MR) is 62.3 cm³/mol. The summed E-state index contributed by atoms with van der Waals surface area (Å²) < 4.78 is 0. The van der Waals surface area contributed by atoms with Crippen LogP contribution in [-0.4, -0.2) is 28.6 Å². The number of carboxylic acid groups (broad SMARTS) is 1. The second-order valence-electron chi connectivity index (χ2n) is 5.28. The molecule has 0 heterocycles. The van der Waals surface area contributed by atoms with E-state index in [-0.39, 0.29) is 17.9 Å². The van der Waals surface area contributed by atoms with Crippen molar-refractivity contribution in [3.8, 4) is 0 Å². The Bertz CT molecular complexity index is 326. The van der Waals surface area contributed by atoms with Gasteiger partial charge in [-0.1, -0.05) is 12.8 Å². The Kier molecular flexibility index (Phi) is 3.38. The Hall–Kier alpha value is -1.10. The molecule has 2 aliphatic rings. The molecule has 0 bridgehead atoms. The Balaban J connectivity index is 1.98. The molecule has 17 heavy (non-hydrogen) atoms. The highest BCUT2D eigenvalue weighted by Crippen LogP contribution is 2.33. The molecule has 0 aromatic carbocycles. The molecule has 5 heteroatoms. The van der Waals surface area contributed by atoms with Crippen molar-refractivity contribution in [2.45, 2.75) is 56.5 Å². The van der Waals surface area contributed by atoms with E-state index in [4.69, 9.17) is 10.8 Å². The van der Waals surface area contributed by atoms with Crippen LogP contribution in [0.25, 0.3) is 0 Å². The van der Waals surface area contributed by atoms with Crippen molar-refractivity contribution in [3.05, 3.63) is 0 Å². The van der Waals surface area contributed by atoms with Gasteiger partial charge in [0.25, 0.3) is 0 Å². The van der Waals surface area contributed by atoms with E-state index in [2.05, 4.69) is 5.32 Å². The molecule has 4 N–H and O–H groups in total. The average Bonchev–Trinajstić information content (AvgIpc) is 2.23. The van der Waals surface area contributed by atoms with Crippen LogP contribution in [-0.2, 0) is 9.59 Å². The minimum absolute atomic E-state index is 0.116. The molecule has 2 unspecified atom stereocenters. The fourth-order valence-electron chi connectivity index (χ4n) is 2.74. The zero-order valence-electron chi connectivity index (χ0n) is 9.95. The normalized spacial score (nSPS) is 31.4. The number of hydrogen-bond donors (Lipinski definition) is 3. The second kappa shape index (κ2) is 4.64.